The standard InChI is InChI=1S/C15H19N3OS/c1-11-15(20-10-18-11)6-7-19-14-5-4-13(17-9-14)8-16-12-2-3-12/h4-5,9-10,12,16H,2-3,6-8H2,1H3. The number of nitrogens with one attached hydrogen (secondary N) is 1. The second-order valence-electron chi connectivity index (χ2n) is 5.10. The molecule has 1 aliphatic rings. The molecule has 2 aromatic heterocycles. The molecule has 1 fully saturated rings. The van der Waals surface area contributed by atoms with Crippen LogP contribution in [0, 0.1) is 6.92 Å². The largest absolute Gasteiger partial charge is 0.492 e. The van der Waals surface area contributed by atoms with E-state index in [0.29, 0.717) is 6.61 Å². The lowest BCUT2D eigenvalue weighted by Crippen LogP contribution is -2.16. The van der Waals surface area contributed by atoms with Crippen molar-refractivity contribution in [1.29, 1.82) is 0 Å². The molecule has 0 bridgehead atoms. The number of aromatic nitrogens is 2. The second-order valence-corrected chi connectivity index (χ2v) is 6.04. The quantitative estimate of drug-likeness (QED) is 0.851. The molecule has 106 valence electrons. The van der Waals surface area contributed by atoms with Crippen LogP contribution >= 0.6 is 11.3 Å². The monoisotopic (exact) mass is 289 g/mol. The van der Waals surface area contributed by atoms with E-state index < -0.39 is 0 Å². The van der Waals surface area contributed by atoms with E-state index in [9.17, 15) is 0 Å². The zero-order valence-electron chi connectivity index (χ0n) is 11.6. The topological polar surface area (TPSA) is 47.0 Å². The Morgan fingerprint density at radius 2 is 2.25 bits per heavy atom. The van der Waals surface area contributed by atoms with E-state index in [-0.39, 0.29) is 0 Å². The van der Waals surface area contributed by atoms with Gasteiger partial charge in [-0.15, -0.1) is 11.3 Å². The van der Waals surface area contributed by atoms with Crippen molar-refractivity contribution in [2.75, 3.05) is 6.61 Å². The fourth-order valence-electron chi connectivity index (χ4n) is 1.96. The minimum Gasteiger partial charge on any atom is -0.492 e. The second kappa shape index (κ2) is 6.33. The number of thiazole rings is 1. The van der Waals surface area contributed by atoms with Crippen molar-refractivity contribution in [3.63, 3.8) is 0 Å². The first kappa shape index (κ1) is 13.5. The molecular weight excluding hydrogens is 270 g/mol. The highest BCUT2D eigenvalue weighted by molar-refractivity contribution is 7.09. The van der Waals surface area contributed by atoms with Crippen LogP contribution < -0.4 is 10.1 Å². The molecule has 0 saturated heterocycles. The fourth-order valence-corrected chi connectivity index (χ4v) is 2.73. The van der Waals surface area contributed by atoms with Gasteiger partial charge in [0.2, 0.25) is 0 Å². The van der Waals surface area contributed by atoms with Crippen LogP contribution in [-0.2, 0) is 13.0 Å². The molecule has 1 N–H and O–H groups in total. The SMILES string of the molecule is Cc1ncsc1CCOc1ccc(CNC2CC2)nc1. The molecule has 4 nitrogen and oxygen atoms in total. The van der Waals surface area contributed by atoms with Crippen molar-refractivity contribution >= 4 is 11.3 Å². The van der Waals surface area contributed by atoms with Gasteiger partial charge in [0.05, 0.1) is 29.7 Å². The minimum absolute atomic E-state index is 0.671. The predicted octanol–water partition coefficient (Wildman–Crippen LogP) is 2.72. The predicted molar refractivity (Wildman–Crippen MR) is 80.1 cm³/mol. The first-order valence-corrected chi connectivity index (χ1v) is 7.89. The molecule has 3 rings (SSSR count). The Hall–Kier alpha value is -1.46. The van der Waals surface area contributed by atoms with Crippen molar-refractivity contribution in [2.24, 2.45) is 0 Å². The van der Waals surface area contributed by atoms with E-state index in [4.69, 9.17) is 4.74 Å². The maximum Gasteiger partial charge on any atom is 0.137 e. The van der Waals surface area contributed by atoms with E-state index in [1.165, 1.54) is 17.7 Å². The number of nitrogens with zero attached hydrogens (tertiary/aromatic N) is 2. The average Bonchev–Trinajstić information content (AvgIpc) is 3.21. The number of hydrogen-bond acceptors (Lipinski definition) is 5. The minimum atomic E-state index is 0.671. The molecule has 20 heavy (non-hydrogen) atoms. The van der Waals surface area contributed by atoms with E-state index >= 15 is 0 Å². The molecule has 0 aromatic carbocycles. The lowest BCUT2D eigenvalue weighted by molar-refractivity contribution is 0.321. The maximum absolute atomic E-state index is 5.72. The number of rotatable bonds is 7. The molecule has 0 radical (unpaired) electrons. The summed E-state index contributed by atoms with van der Waals surface area (Å²) in [5.41, 5.74) is 4.06. The molecule has 0 atom stereocenters. The van der Waals surface area contributed by atoms with Gasteiger partial charge in [-0.05, 0) is 31.9 Å². The van der Waals surface area contributed by atoms with Gasteiger partial charge in [-0.1, -0.05) is 0 Å². The Morgan fingerprint density at radius 1 is 1.35 bits per heavy atom. The summed E-state index contributed by atoms with van der Waals surface area (Å²) < 4.78 is 5.72. The van der Waals surface area contributed by atoms with Crippen LogP contribution in [0.2, 0.25) is 0 Å². The van der Waals surface area contributed by atoms with Gasteiger partial charge in [-0.25, -0.2) is 4.98 Å². The third kappa shape index (κ3) is 3.77. The highest BCUT2D eigenvalue weighted by Gasteiger charge is 2.19. The van der Waals surface area contributed by atoms with Crippen molar-refractivity contribution in [3.8, 4) is 5.75 Å². The molecule has 0 aliphatic heterocycles. The number of hydrogen-bond donors (Lipinski definition) is 1. The Morgan fingerprint density at radius 3 is 2.90 bits per heavy atom. The van der Waals surface area contributed by atoms with Crippen LogP contribution in [0.4, 0.5) is 0 Å². The highest BCUT2D eigenvalue weighted by atomic mass is 32.1. The van der Waals surface area contributed by atoms with Gasteiger partial charge in [0.15, 0.2) is 0 Å². The lowest BCUT2D eigenvalue weighted by Gasteiger charge is -2.07. The third-order valence-corrected chi connectivity index (χ3v) is 4.38. The van der Waals surface area contributed by atoms with E-state index in [1.54, 1.807) is 11.3 Å². The smallest absolute Gasteiger partial charge is 0.137 e. The summed E-state index contributed by atoms with van der Waals surface area (Å²) in [6, 6.07) is 4.74. The van der Waals surface area contributed by atoms with Crippen LogP contribution in [0.15, 0.2) is 23.8 Å². The van der Waals surface area contributed by atoms with E-state index in [2.05, 4.69) is 15.3 Å². The van der Waals surface area contributed by atoms with Gasteiger partial charge in [0.1, 0.15) is 5.75 Å². The zero-order chi connectivity index (χ0) is 13.8. The molecule has 5 heteroatoms. The molecule has 1 saturated carbocycles. The Kier molecular flexibility index (Phi) is 4.28. The van der Waals surface area contributed by atoms with Crippen molar-refractivity contribution < 1.29 is 4.74 Å². The Labute approximate surface area is 123 Å². The lowest BCUT2D eigenvalue weighted by atomic mass is 10.3. The third-order valence-electron chi connectivity index (χ3n) is 3.39. The maximum atomic E-state index is 5.72. The summed E-state index contributed by atoms with van der Waals surface area (Å²) in [6.45, 7) is 3.56. The normalized spacial score (nSPS) is 14.4. The van der Waals surface area contributed by atoms with Gasteiger partial charge in [0, 0.05) is 23.9 Å². The summed E-state index contributed by atoms with van der Waals surface area (Å²) in [4.78, 5) is 9.95. The van der Waals surface area contributed by atoms with Crippen molar-refractivity contribution in [2.45, 2.75) is 38.8 Å². The number of ether oxygens (including phenoxy) is 1. The van der Waals surface area contributed by atoms with Crippen molar-refractivity contribution in [3.05, 3.63) is 40.1 Å². The van der Waals surface area contributed by atoms with Gasteiger partial charge in [-0.3, -0.25) is 4.98 Å². The van der Waals surface area contributed by atoms with Crippen molar-refractivity contribution in [1.82, 2.24) is 15.3 Å². The molecular formula is C15H19N3OS. The average molecular weight is 289 g/mol. The van der Waals surface area contributed by atoms with Crippen LogP contribution in [0.1, 0.15) is 29.1 Å². The van der Waals surface area contributed by atoms with E-state index in [1.807, 2.05) is 30.8 Å². The zero-order valence-corrected chi connectivity index (χ0v) is 12.4. The van der Waals surface area contributed by atoms with Crippen LogP contribution in [0.5, 0.6) is 5.75 Å². The Bertz CT molecular complexity index is 549. The molecule has 1 aliphatic carbocycles. The molecule has 2 heterocycles. The number of aryl methyl sites for hydroxylation is 1. The molecule has 0 spiro atoms. The summed E-state index contributed by atoms with van der Waals surface area (Å²) in [5.74, 6) is 0.836. The first-order chi connectivity index (χ1) is 9.81. The van der Waals surface area contributed by atoms with Gasteiger partial charge in [-0.2, -0.15) is 0 Å². The van der Waals surface area contributed by atoms with Crippen LogP contribution in [-0.4, -0.2) is 22.6 Å². The fraction of sp³-hybridized carbons (Fsp3) is 0.467. The van der Waals surface area contributed by atoms with Crippen LogP contribution in [0.3, 0.4) is 0 Å². The van der Waals surface area contributed by atoms with Crippen LogP contribution in [0.25, 0.3) is 0 Å². The van der Waals surface area contributed by atoms with Gasteiger partial charge in [0.25, 0.3) is 0 Å². The summed E-state index contributed by atoms with van der Waals surface area (Å²) in [6.07, 6.45) is 5.32. The summed E-state index contributed by atoms with van der Waals surface area (Å²) >= 11 is 1.69. The summed E-state index contributed by atoms with van der Waals surface area (Å²) in [5, 5.41) is 3.45. The Balaban J connectivity index is 1.44. The summed E-state index contributed by atoms with van der Waals surface area (Å²) in [7, 11) is 0. The first-order valence-electron chi connectivity index (χ1n) is 7.01. The molecule has 2 aromatic rings. The van der Waals surface area contributed by atoms with Gasteiger partial charge < -0.3 is 10.1 Å². The molecule has 0 amide bonds. The van der Waals surface area contributed by atoms with E-state index in [0.717, 1.165) is 36.1 Å². The highest BCUT2D eigenvalue weighted by Crippen LogP contribution is 2.19. The number of pyridine rings is 1. The molecule has 0 unspecified atom stereocenters. The van der Waals surface area contributed by atoms with Gasteiger partial charge >= 0.3 is 0 Å².